The van der Waals surface area contributed by atoms with Gasteiger partial charge in [0.05, 0.1) is 6.61 Å². The minimum Gasteiger partial charge on any atom is -0.462 e. The molecule has 9 heteroatoms. The van der Waals surface area contributed by atoms with Crippen molar-refractivity contribution in [1.29, 1.82) is 0 Å². The Kier molecular flexibility index (Phi) is 30.5. The summed E-state index contributed by atoms with van der Waals surface area (Å²) in [6.45, 7) is 3.61. The quantitative estimate of drug-likeness (QED) is 0.0321. The van der Waals surface area contributed by atoms with Gasteiger partial charge in [0.25, 0.3) is 0 Å². The highest BCUT2D eigenvalue weighted by atomic mass is 31.2. The maximum Gasteiger partial charge on any atom is 0.469 e. The van der Waals surface area contributed by atoms with Gasteiger partial charge in [-0.25, -0.2) is 4.57 Å². The van der Waals surface area contributed by atoms with Crippen LogP contribution in [0.25, 0.3) is 0 Å². The standard InChI is InChI=1S/C35H65O8P/c1-3-5-7-9-11-13-14-15-16-17-18-19-20-22-23-25-27-29-34(36)41-31-33(32-42-44(38,39)40)43-35(37)30-28-26-24-21-12-10-8-6-4-2/h11,13,15-16,33H,3-10,12,14,17-32H2,1-2H3,(H2,38,39,40)/b13-11-,16-15-/t33-/m1/s1. The predicted octanol–water partition coefficient (Wildman–Crippen LogP) is 10.1. The topological polar surface area (TPSA) is 119 Å². The molecule has 258 valence electrons. The fourth-order valence-electron chi connectivity index (χ4n) is 4.81. The summed E-state index contributed by atoms with van der Waals surface area (Å²) in [5.41, 5.74) is 0. The number of carbonyl (C=O) groups is 2. The third-order valence-corrected chi connectivity index (χ3v) is 7.96. The first-order chi connectivity index (χ1) is 21.3. The van der Waals surface area contributed by atoms with E-state index in [0.717, 1.165) is 57.8 Å². The molecule has 0 bridgehead atoms. The van der Waals surface area contributed by atoms with Crippen LogP contribution < -0.4 is 0 Å². The van der Waals surface area contributed by atoms with E-state index < -0.39 is 32.5 Å². The molecule has 1 atom stereocenters. The van der Waals surface area contributed by atoms with Crippen molar-refractivity contribution in [1.82, 2.24) is 0 Å². The molecule has 0 aromatic rings. The van der Waals surface area contributed by atoms with E-state index in [9.17, 15) is 14.2 Å². The van der Waals surface area contributed by atoms with E-state index in [2.05, 4.69) is 42.7 Å². The molecule has 0 spiro atoms. The van der Waals surface area contributed by atoms with E-state index in [4.69, 9.17) is 19.3 Å². The van der Waals surface area contributed by atoms with Gasteiger partial charge in [-0.15, -0.1) is 0 Å². The van der Waals surface area contributed by atoms with Crippen molar-refractivity contribution < 1.29 is 37.9 Å². The highest BCUT2D eigenvalue weighted by molar-refractivity contribution is 7.46. The fourth-order valence-corrected chi connectivity index (χ4v) is 5.17. The average Bonchev–Trinajstić information content (AvgIpc) is 2.98. The molecule has 0 rings (SSSR count). The van der Waals surface area contributed by atoms with Gasteiger partial charge in [-0.2, -0.15) is 0 Å². The normalized spacial score (nSPS) is 12.7. The summed E-state index contributed by atoms with van der Waals surface area (Å²) in [4.78, 5) is 42.5. The second-order valence-electron chi connectivity index (χ2n) is 11.8. The number of carbonyl (C=O) groups excluding carboxylic acids is 2. The van der Waals surface area contributed by atoms with Crippen molar-refractivity contribution in [3.63, 3.8) is 0 Å². The highest BCUT2D eigenvalue weighted by Gasteiger charge is 2.22. The first kappa shape index (κ1) is 42.5. The lowest BCUT2D eigenvalue weighted by Gasteiger charge is -2.18. The summed E-state index contributed by atoms with van der Waals surface area (Å²) in [5.74, 6) is -0.895. The largest absolute Gasteiger partial charge is 0.469 e. The zero-order valence-electron chi connectivity index (χ0n) is 28.1. The van der Waals surface area contributed by atoms with Crippen molar-refractivity contribution in [2.45, 2.75) is 174 Å². The van der Waals surface area contributed by atoms with Crippen LogP contribution >= 0.6 is 7.82 Å². The number of rotatable bonds is 32. The molecule has 0 fully saturated rings. The number of phosphoric acid groups is 1. The second-order valence-corrected chi connectivity index (χ2v) is 13.1. The first-order valence-corrected chi connectivity index (χ1v) is 19.2. The van der Waals surface area contributed by atoms with Gasteiger partial charge in [-0.1, -0.05) is 134 Å². The summed E-state index contributed by atoms with van der Waals surface area (Å²) >= 11 is 0. The predicted molar refractivity (Wildman–Crippen MR) is 179 cm³/mol. The van der Waals surface area contributed by atoms with Crippen LogP contribution in [0.4, 0.5) is 0 Å². The van der Waals surface area contributed by atoms with Crippen molar-refractivity contribution in [3.8, 4) is 0 Å². The summed E-state index contributed by atoms with van der Waals surface area (Å²) in [6.07, 6.45) is 33.3. The van der Waals surface area contributed by atoms with Crippen LogP contribution in [-0.2, 0) is 28.2 Å². The molecule has 0 aromatic carbocycles. The molecule has 0 amide bonds. The molecule has 0 radical (unpaired) electrons. The van der Waals surface area contributed by atoms with Gasteiger partial charge in [0.15, 0.2) is 6.10 Å². The molecule has 8 nitrogen and oxygen atoms in total. The Labute approximate surface area is 269 Å². The number of esters is 2. The smallest absolute Gasteiger partial charge is 0.462 e. The Bertz CT molecular complexity index is 777. The molecule has 0 heterocycles. The number of phosphoric ester groups is 1. The number of ether oxygens (including phenoxy) is 2. The molecule has 0 aliphatic heterocycles. The van der Waals surface area contributed by atoms with E-state index in [1.54, 1.807) is 0 Å². The van der Waals surface area contributed by atoms with E-state index in [1.165, 1.54) is 77.0 Å². The van der Waals surface area contributed by atoms with Crippen LogP contribution in [0.15, 0.2) is 24.3 Å². The molecule has 44 heavy (non-hydrogen) atoms. The minimum absolute atomic E-state index is 0.212. The van der Waals surface area contributed by atoms with E-state index in [1.807, 2.05) is 0 Å². The lowest BCUT2D eigenvalue weighted by Crippen LogP contribution is -2.29. The molecule has 0 aliphatic rings. The summed E-state index contributed by atoms with van der Waals surface area (Å²) in [5, 5.41) is 0. The van der Waals surface area contributed by atoms with Crippen LogP contribution in [0.3, 0.4) is 0 Å². The van der Waals surface area contributed by atoms with Crippen LogP contribution in [0.2, 0.25) is 0 Å². The Balaban J connectivity index is 3.95. The lowest BCUT2D eigenvalue weighted by atomic mass is 10.1. The number of hydrogen-bond acceptors (Lipinski definition) is 6. The molecule has 0 aromatic heterocycles. The summed E-state index contributed by atoms with van der Waals surface area (Å²) in [6, 6.07) is 0. The van der Waals surface area contributed by atoms with Crippen LogP contribution in [0, 0.1) is 0 Å². The average molecular weight is 645 g/mol. The zero-order valence-corrected chi connectivity index (χ0v) is 29.0. The molecular formula is C35H65O8P. The SMILES string of the molecule is CCCCC/C=C\C/C=C\CCCCCCCCCC(=O)OC[C@H](COP(=O)(O)O)OC(=O)CCCCCCCCCCC. The van der Waals surface area contributed by atoms with E-state index in [-0.39, 0.29) is 19.4 Å². The Hall–Kier alpha value is -1.47. The molecular weight excluding hydrogens is 579 g/mol. The number of unbranched alkanes of at least 4 members (excludes halogenated alkanes) is 18. The molecule has 0 unspecified atom stereocenters. The van der Waals surface area contributed by atoms with Crippen molar-refractivity contribution >= 4 is 19.8 Å². The van der Waals surface area contributed by atoms with Crippen molar-refractivity contribution in [3.05, 3.63) is 24.3 Å². The van der Waals surface area contributed by atoms with Gasteiger partial charge < -0.3 is 19.3 Å². The van der Waals surface area contributed by atoms with Crippen molar-refractivity contribution in [2.24, 2.45) is 0 Å². The van der Waals surface area contributed by atoms with E-state index >= 15 is 0 Å². The van der Waals surface area contributed by atoms with Gasteiger partial charge in [0, 0.05) is 12.8 Å². The van der Waals surface area contributed by atoms with Crippen molar-refractivity contribution in [2.75, 3.05) is 13.2 Å². The zero-order chi connectivity index (χ0) is 32.6. The van der Waals surface area contributed by atoms with Crippen LogP contribution in [-0.4, -0.2) is 41.0 Å². The third kappa shape index (κ3) is 33.4. The Morgan fingerprint density at radius 1 is 0.591 bits per heavy atom. The summed E-state index contributed by atoms with van der Waals surface area (Å²) < 4.78 is 26.2. The van der Waals surface area contributed by atoms with Crippen LogP contribution in [0.5, 0.6) is 0 Å². The van der Waals surface area contributed by atoms with Gasteiger partial charge in [-0.05, 0) is 44.9 Å². The van der Waals surface area contributed by atoms with Gasteiger partial charge in [0.2, 0.25) is 0 Å². The number of allylic oxidation sites excluding steroid dienone is 4. The Morgan fingerprint density at radius 2 is 1.02 bits per heavy atom. The van der Waals surface area contributed by atoms with Gasteiger partial charge in [0.1, 0.15) is 6.61 Å². The third-order valence-electron chi connectivity index (χ3n) is 7.47. The summed E-state index contributed by atoms with van der Waals surface area (Å²) in [7, 11) is -4.74. The Morgan fingerprint density at radius 3 is 1.55 bits per heavy atom. The molecule has 2 N–H and O–H groups in total. The maximum atomic E-state index is 12.3. The van der Waals surface area contributed by atoms with Gasteiger partial charge in [-0.3, -0.25) is 14.1 Å². The highest BCUT2D eigenvalue weighted by Crippen LogP contribution is 2.36. The van der Waals surface area contributed by atoms with Crippen LogP contribution in [0.1, 0.15) is 168 Å². The second kappa shape index (κ2) is 31.5. The monoisotopic (exact) mass is 644 g/mol. The maximum absolute atomic E-state index is 12.3. The first-order valence-electron chi connectivity index (χ1n) is 17.6. The lowest BCUT2D eigenvalue weighted by molar-refractivity contribution is -0.161. The molecule has 0 aliphatic carbocycles. The molecule has 0 saturated carbocycles. The fraction of sp³-hybridized carbons (Fsp3) is 0.829. The van der Waals surface area contributed by atoms with E-state index in [0.29, 0.717) is 6.42 Å². The minimum atomic E-state index is -4.74. The van der Waals surface area contributed by atoms with Gasteiger partial charge >= 0.3 is 19.8 Å². The molecule has 0 saturated heterocycles. The number of hydrogen-bond donors (Lipinski definition) is 2.